The molecule has 0 aromatic heterocycles. The number of aryl methyl sites for hydroxylation is 1. The molecular weight excluding hydrogens is 299 g/mol. The van der Waals surface area contributed by atoms with Gasteiger partial charge in [0, 0.05) is 49.2 Å². The van der Waals surface area contributed by atoms with Crippen molar-refractivity contribution >= 4 is 34.8 Å². The van der Waals surface area contributed by atoms with Gasteiger partial charge in [-0.3, -0.25) is 4.79 Å². The number of nitrogens with zero attached hydrogens (tertiary/aromatic N) is 2. The molecule has 2 N–H and O–H groups in total. The second kappa shape index (κ2) is 7.72. The van der Waals surface area contributed by atoms with Crippen LogP contribution in [0.15, 0.2) is 18.2 Å². The van der Waals surface area contributed by atoms with Gasteiger partial charge in [0.2, 0.25) is 0 Å². The van der Waals surface area contributed by atoms with E-state index in [9.17, 15) is 4.79 Å². The van der Waals surface area contributed by atoms with E-state index in [4.69, 9.17) is 23.2 Å². The molecule has 1 heterocycles. The van der Waals surface area contributed by atoms with Crippen LogP contribution in [0.2, 0.25) is 0 Å². The van der Waals surface area contributed by atoms with Crippen LogP contribution >= 0.6 is 23.2 Å². The van der Waals surface area contributed by atoms with E-state index in [-0.39, 0.29) is 11.4 Å². The Labute approximate surface area is 129 Å². The van der Waals surface area contributed by atoms with Gasteiger partial charge < -0.3 is 15.3 Å². The van der Waals surface area contributed by atoms with Gasteiger partial charge in [0.25, 0.3) is 5.91 Å². The molecule has 4 nitrogen and oxygen atoms in total. The highest BCUT2D eigenvalue weighted by atomic mass is 35.5. The van der Waals surface area contributed by atoms with Gasteiger partial charge in [-0.1, -0.05) is 6.07 Å². The third-order valence-electron chi connectivity index (χ3n) is 3.24. The molecule has 1 fully saturated rings. The molecule has 0 radical (unpaired) electrons. The Morgan fingerprint density at radius 1 is 1.25 bits per heavy atom. The molecule has 2 rings (SSSR count). The molecule has 1 amide bonds. The van der Waals surface area contributed by atoms with Gasteiger partial charge in [-0.15, -0.1) is 23.2 Å². The lowest BCUT2D eigenvalue weighted by atomic mass is 10.1. The van der Waals surface area contributed by atoms with Gasteiger partial charge >= 0.3 is 0 Å². The second-order valence-electron chi connectivity index (χ2n) is 4.66. The number of hydrogen-bond donors (Lipinski definition) is 0. The molecule has 0 atom stereocenters. The van der Waals surface area contributed by atoms with E-state index in [1.54, 1.807) is 0 Å². The number of halogens is 2. The lowest BCUT2D eigenvalue weighted by Crippen LogP contribution is -2.28. The Morgan fingerprint density at radius 2 is 1.85 bits per heavy atom. The number of carbonyl (C=O) groups is 1. The molecule has 0 saturated carbocycles. The maximum Gasteiger partial charge on any atom is 0.254 e. The van der Waals surface area contributed by atoms with Crippen LogP contribution in [0.25, 0.3) is 0 Å². The van der Waals surface area contributed by atoms with E-state index in [0.717, 1.165) is 43.0 Å². The number of hydrogen-bond acceptors (Lipinski definition) is 2. The molecule has 112 valence electrons. The van der Waals surface area contributed by atoms with Crippen molar-refractivity contribution in [1.82, 2.24) is 4.90 Å². The molecule has 1 aliphatic rings. The highest BCUT2D eigenvalue weighted by molar-refractivity contribution is 6.18. The van der Waals surface area contributed by atoms with Crippen molar-refractivity contribution in [1.29, 1.82) is 0 Å². The smallest absolute Gasteiger partial charge is 0.254 e. The normalized spacial score (nSPS) is 12.8. The van der Waals surface area contributed by atoms with Gasteiger partial charge in [0.1, 0.15) is 0 Å². The maximum atomic E-state index is 12.1. The average molecular weight is 319 g/mol. The lowest BCUT2D eigenvalue weighted by Gasteiger charge is -2.25. The summed E-state index contributed by atoms with van der Waals surface area (Å²) in [5.41, 5.74) is 2.93. The Bertz CT molecular complexity index is 458. The SMILES string of the molecule is Cc1ccc(C(=O)N2CC2)cc1N(CCCl)CCCl.O. The van der Waals surface area contributed by atoms with Crippen LogP contribution in [0, 0.1) is 6.92 Å². The Hall–Kier alpha value is -0.970. The van der Waals surface area contributed by atoms with Crippen LogP contribution < -0.4 is 4.90 Å². The number of benzene rings is 1. The van der Waals surface area contributed by atoms with Crippen molar-refractivity contribution in [2.45, 2.75) is 6.92 Å². The van der Waals surface area contributed by atoms with E-state index in [1.165, 1.54) is 0 Å². The molecule has 20 heavy (non-hydrogen) atoms. The minimum atomic E-state index is 0. The van der Waals surface area contributed by atoms with Crippen LogP contribution in [0.5, 0.6) is 0 Å². The van der Waals surface area contributed by atoms with E-state index >= 15 is 0 Å². The molecule has 6 heteroatoms. The van der Waals surface area contributed by atoms with Gasteiger partial charge in [-0.2, -0.15) is 0 Å². The number of rotatable bonds is 6. The Kier molecular flexibility index (Phi) is 6.59. The van der Waals surface area contributed by atoms with Gasteiger partial charge in [-0.05, 0) is 24.6 Å². The fourth-order valence-electron chi connectivity index (χ4n) is 2.08. The van der Waals surface area contributed by atoms with Gasteiger partial charge in [0.15, 0.2) is 0 Å². The molecule has 0 bridgehead atoms. The Morgan fingerprint density at radius 3 is 2.35 bits per heavy atom. The number of alkyl halides is 2. The van der Waals surface area contributed by atoms with Crippen LogP contribution in [0.3, 0.4) is 0 Å². The van der Waals surface area contributed by atoms with Crippen LogP contribution in [-0.2, 0) is 0 Å². The molecule has 1 aliphatic heterocycles. The summed E-state index contributed by atoms with van der Waals surface area (Å²) in [6.45, 7) is 5.24. The molecule has 1 aromatic carbocycles. The first-order valence-electron chi connectivity index (χ1n) is 6.44. The van der Waals surface area contributed by atoms with Crippen molar-refractivity contribution in [3.05, 3.63) is 29.3 Å². The topological polar surface area (TPSA) is 54.8 Å². The quantitative estimate of drug-likeness (QED) is 0.594. The van der Waals surface area contributed by atoms with Crippen LogP contribution in [0.1, 0.15) is 15.9 Å². The Balaban J connectivity index is 0.00000200. The summed E-state index contributed by atoms with van der Waals surface area (Å²) < 4.78 is 0. The first-order valence-corrected chi connectivity index (χ1v) is 7.51. The molecule has 0 spiro atoms. The zero-order chi connectivity index (χ0) is 13.8. The highest BCUT2D eigenvalue weighted by Crippen LogP contribution is 2.24. The standard InChI is InChI=1S/C14H18Cl2N2O.H2O/c1-11-2-3-12(14(19)18-8-9-18)10-13(11)17(6-4-15)7-5-16;/h2-3,10H,4-9H2,1H3;1H2. The van der Waals surface area contributed by atoms with E-state index in [0.29, 0.717) is 11.8 Å². The number of anilines is 1. The zero-order valence-corrected chi connectivity index (χ0v) is 13.0. The number of amides is 1. The molecule has 1 saturated heterocycles. The molecule has 0 aliphatic carbocycles. The lowest BCUT2D eigenvalue weighted by molar-refractivity contribution is 0.0885. The van der Waals surface area contributed by atoms with Gasteiger partial charge in [-0.25, -0.2) is 0 Å². The third-order valence-corrected chi connectivity index (χ3v) is 3.58. The van der Waals surface area contributed by atoms with Crippen molar-refractivity contribution in [3.8, 4) is 0 Å². The van der Waals surface area contributed by atoms with Crippen LogP contribution in [-0.4, -0.2) is 54.2 Å². The van der Waals surface area contributed by atoms with Crippen molar-refractivity contribution in [2.75, 3.05) is 42.8 Å². The van der Waals surface area contributed by atoms with Crippen LogP contribution in [0.4, 0.5) is 5.69 Å². The monoisotopic (exact) mass is 318 g/mol. The van der Waals surface area contributed by atoms with Crippen molar-refractivity contribution < 1.29 is 10.3 Å². The predicted octanol–water partition coefficient (Wildman–Crippen LogP) is 1.91. The summed E-state index contributed by atoms with van der Waals surface area (Å²) in [7, 11) is 0. The fourth-order valence-corrected chi connectivity index (χ4v) is 2.48. The zero-order valence-electron chi connectivity index (χ0n) is 11.5. The minimum absolute atomic E-state index is 0. The average Bonchev–Trinajstić information content (AvgIpc) is 3.23. The first-order chi connectivity index (χ1) is 9.17. The summed E-state index contributed by atoms with van der Waals surface area (Å²) in [6.07, 6.45) is 0. The third kappa shape index (κ3) is 4.01. The molecular formula is C14H20Cl2N2O2. The van der Waals surface area contributed by atoms with Crippen molar-refractivity contribution in [2.24, 2.45) is 0 Å². The van der Waals surface area contributed by atoms with E-state index < -0.39 is 0 Å². The largest absolute Gasteiger partial charge is 0.412 e. The molecule has 0 unspecified atom stereocenters. The summed E-state index contributed by atoms with van der Waals surface area (Å²) in [6, 6.07) is 5.83. The second-order valence-corrected chi connectivity index (χ2v) is 5.41. The van der Waals surface area contributed by atoms with E-state index in [2.05, 4.69) is 4.90 Å². The minimum Gasteiger partial charge on any atom is -0.412 e. The summed E-state index contributed by atoms with van der Waals surface area (Å²) in [5.74, 6) is 1.19. The van der Waals surface area contributed by atoms with Crippen molar-refractivity contribution in [3.63, 3.8) is 0 Å². The summed E-state index contributed by atoms with van der Waals surface area (Å²) >= 11 is 11.7. The predicted molar refractivity (Wildman–Crippen MR) is 84.3 cm³/mol. The van der Waals surface area contributed by atoms with Gasteiger partial charge in [0.05, 0.1) is 0 Å². The van der Waals surface area contributed by atoms with E-state index in [1.807, 2.05) is 30.0 Å². The first kappa shape index (κ1) is 17.1. The fraction of sp³-hybridized carbons (Fsp3) is 0.500. The number of carbonyl (C=O) groups excluding carboxylic acids is 1. The molecule has 1 aromatic rings. The summed E-state index contributed by atoms with van der Waals surface area (Å²) in [4.78, 5) is 16.0. The summed E-state index contributed by atoms with van der Waals surface area (Å²) in [5, 5.41) is 0. The maximum absolute atomic E-state index is 12.1. The highest BCUT2D eigenvalue weighted by Gasteiger charge is 2.25.